The highest BCUT2D eigenvalue weighted by Crippen LogP contribution is 1.93. The van der Waals surface area contributed by atoms with E-state index in [2.05, 4.69) is 24.5 Å². The van der Waals surface area contributed by atoms with E-state index >= 15 is 0 Å². The molecule has 1 atom stereocenters. The highest BCUT2D eigenvalue weighted by Gasteiger charge is 2.06. The highest BCUT2D eigenvalue weighted by atomic mass is 16.6. The molecule has 0 saturated heterocycles. The van der Waals surface area contributed by atoms with E-state index in [9.17, 15) is 4.79 Å². The molecule has 0 aromatic carbocycles. The fourth-order valence-electron chi connectivity index (χ4n) is 2.02. The summed E-state index contributed by atoms with van der Waals surface area (Å²) in [4.78, 5) is 11.4. The Labute approximate surface area is 171 Å². The monoisotopic (exact) mass is 406 g/mol. The van der Waals surface area contributed by atoms with E-state index in [1.807, 2.05) is 20.8 Å². The number of carbonyl (C=O) groups is 1. The van der Waals surface area contributed by atoms with Crippen LogP contribution in [-0.4, -0.2) is 90.6 Å². The Kier molecular flexibility index (Phi) is 19.0. The molecular formula is C20H42N2O6. The van der Waals surface area contributed by atoms with Gasteiger partial charge in [-0.25, -0.2) is 0 Å². The van der Waals surface area contributed by atoms with Crippen molar-refractivity contribution in [2.24, 2.45) is 5.92 Å². The van der Waals surface area contributed by atoms with Crippen LogP contribution in [0.5, 0.6) is 0 Å². The lowest BCUT2D eigenvalue weighted by atomic mass is 10.2. The molecule has 1 amide bonds. The van der Waals surface area contributed by atoms with Crippen LogP contribution in [-0.2, 0) is 28.5 Å². The maximum Gasteiger partial charge on any atom is 0.222 e. The summed E-state index contributed by atoms with van der Waals surface area (Å²) < 4.78 is 27.4. The minimum Gasteiger partial charge on any atom is -0.378 e. The molecule has 0 aliphatic carbocycles. The van der Waals surface area contributed by atoms with Gasteiger partial charge in [0, 0.05) is 25.0 Å². The summed E-state index contributed by atoms with van der Waals surface area (Å²) >= 11 is 0. The molecule has 0 aromatic heterocycles. The maximum atomic E-state index is 11.4. The number of rotatable bonds is 20. The van der Waals surface area contributed by atoms with Gasteiger partial charge in [0.1, 0.15) is 0 Å². The second kappa shape index (κ2) is 19.5. The predicted octanol–water partition coefficient (Wildman–Crippen LogP) is 1.23. The average molecular weight is 407 g/mol. The SMILES string of the molecule is CC(C)NCCOCCOCCOCCOCC(C)OCCNC(=O)C(C)C. The van der Waals surface area contributed by atoms with Crippen LogP contribution in [0.1, 0.15) is 34.6 Å². The van der Waals surface area contributed by atoms with Gasteiger partial charge in [-0.1, -0.05) is 27.7 Å². The van der Waals surface area contributed by atoms with Crippen molar-refractivity contribution in [1.29, 1.82) is 0 Å². The molecule has 0 heterocycles. The zero-order valence-electron chi connectivity index (χ0n) is 18.5. The molecule has 0 rings (SSSR count). The van der Waals surface area contributed by atoms with Crippen molar-refractivity contribution < 1.29 is 28.5 Å². The maximum absolute atomic E-state index is 11.4. The third-order valence-electron chi connectivity index (χ3n) is 3.60. The van der Waals surface area contributed by atoms with Gasteiger partial charge < -0.3 is 34.3 Å². The van der Waals surface area contributed by atoms with Gasteiger partial charge in [0.25, 0.3) is 0 Å². The molecule has 0 spiro atoms. The quantitative estimate of drug-likeness (QED) is 0.294. The van der Waals surface area contributed by atoms with Gasteiger partial charge in [-0.3, -0.25) is 4.79 Å². The zero-order valence-corrected chi connectivity index (χ0v) is 18.5. The number of hydrogen-bond donors (Lipinski definition) is 2. The number of ether oxygens (including phenoxy) is 5. The first-order chi connectivity index (χ1) is 13.4. The fraction of sp³-hybridized carbons (Fsp3) is 0.950. The summed E-state index contributed by atoms with van der Waals surface area (Å²) in [6, 6.07) is 0.487. The van der Waals surface area contributed by atoms with Crippen LogP contribution >= 0.6 is 0 Å². The van der Waals surface area contributed by atoms with Crippen molar-refractivity contribution in [3.8, 4) is 0 Å². The van der Waals surface area contributed by atoms with Crippen molar-refractivity contribution in [3.05, 3.63) is 0 Å². The first kappa shape index (κ1) is 27.2. The lowest BCUT2D eigenvalue weighted by Gasteiger charge is -2.14. The molecule has 1 unspecified atom stereocenters. The van der Waals surface area contributed by atoms with E-state index in [1.54, 1.807) is 0 Å². The van der Waals surface area contributed by atoms with Crippen molar-refractivity contribution in [2.45, 2.75) is 46.8 Å². The van der Waals surface area contributed by atoms with Crippen LogP contribution < -0.4 is 10.6 Å². The molecule has 0 bridgehead atoms. The normalized spacial score (nSPS) is 12.7. The molecule has 0 fully saturated rings. The van der Waals surface area contributed by atoms with Gasteiger partial charge in [0.05, 0.1) is 65.6 Å². The largest absolute Gasteiger partial charge is 0.378 e. The summed E-state index contributed by atoms with van der Waals surface area (Å²) in [5.41, 5.74) is 0. The van der Waals surface area contributed by atoms with Crippen molar-refractivity contribution in [3.63, 3.8) is 0 Å². The summed E-state index contributed by atoms with van der Waals surface area (Å²) in [5, 5.41) is 6.10. The minimum absolute atomic E-state index is 0.00315. The number of amides is 1. The van der Waals surface area contributed by atoms with Crippen LogP contribution in [0.2, 0.25) is 0 Å². The number of nitrogens with one attached hydrogen (secondary N) is 2. The van der Waals surface area contributed by atoms with Crippen LogP contribution in [0.25, 0.3) is 0 Å². The van der Waals surface area contributed by atoms with E-state index in [0.29, 0.717) is 72.0 Å². The molecule has 0 aromatic rings. The van der Waals surface area contributed by atoms with Crippen molar-refractivity contribution in [2.75, 3.05) is 72.6 Å². The van der Waals surface area contributed by atoms with E-state index in [0.717, 1.165) is 6.54 Å². The van der Waals surface area contributed by atoms with Gasteiger partial charge in [0.15, 0.2) is 0 Å². The molecule has 2 N–H and O–H groups in total. The van der Waals surface area contributed by atoms with Crippen LogP contribution in [0.4, 0.5) is 0 Å². The van der Waals surface area contributed by atoms with Gasteiger partial charge in [-0.15, -0.1) is 0 Å². The number of carbonyl (C=O) groups excluding carboxylic acids is 1. The average Bonchev–Trinajstić information content (AvgIpc) is 2.64. The summed E-state index contributed by atoms with van der Waals surface area (Å²) in [5.74, 6) is 0.0386. The Morgan fingerprint density at radius 1 is 0.714 bits per heavy atom. The second-order valence-corrected chi connectivity index (χ2v) is 7.15. The molecular weight excluding hydrogens is 364 g/mol. The Hall–Kier alpha value is -0.770. The second-order valence-electron chi connectivity index (χ2n) is 7.15. The van der Waals surface area contributed by atoms with E-state index in [4.69, 9.17) is 23.7 Å². The zero-order chi connectivity index (χ0) is 21.0. The minimum atomic E-state index is -0.0185. The number of hydrogen-bond acceptors (Lipinski definition) is 7. The topological polar surface area (TPSA) is 87.3 Å². The van der Waals surface area contributed by atoms with Crippen LogP contribution in [0.3, 0.4) is 0 Å². The van der Waals surface area contributed by atoms with E-state index < -0.39 is 0 Å². The highest BCUT2D eigenvalue weighted by molar-refractivity contribution is 5.77. The lowest BCUT2D eigenvalue weighted by Crippen LogP contribution is -2.32. The van der Waals surface area contributed by atoms with Crippen molar-refractivity contribution >= 4 is 5.91 Å². The molecule has 0 saturated carbocycles. The summed E-state index contributed by atoms with van der Waals surface area (Å²) in [7, 11) is 0. The van der Waals surface area contributed by atoms with Crippen molar-refractivity contribution in [1.82, 2.24) is 10.6 Å². The Bertz CT molecular complexity index is 356. The van der Waals surface area contributed by atoms with Gasteiger partial charge in [-0.05, 0) is 6.92 Å². The van der Waals surface area contributed by atoms with Gasteiger partial charge >= 0.3 is 0 Å². The predicted molar refractivity (Wildman–Crippen MR) is 110 cm³/mol. The third-order valence-corrected chi connectivity index (χ3v) is 3.60. The molecule has 168 valence electrons. The molecule has 8 heteroatoms. The third kappa shape index (κ3) is 20.0. The molecule has 8 nitrogen and oxygen atoms in total. The Balaban J connectivity index is 3.21. The molecule has 0 aliphatic rings. The fourth-order valence-corrected chi connectivity index (χ4v) is 2.02. The standard InChI is InChI=1S/C20H42N2O6/c1-17(2)20(23)22-7-9-28-19(5)16-27-15-14-26-13-12-25-11-10-24-8-6-21-18(3)4/h17-19,21H,6-16H2,1-5H3,(H,22,23). The summed E-state index contributed by atoms with van der Waals surface area (Å²) in [6.45, 7) is 16.3. The van der Waals surface area contributed by atoms with Crippen LogP contribution in [0.15, 0.2) is 0 Å². The van der Waals surface area contributed by atoms with Gasteiger partial charge in [-0.2, -0.15) is 0 Å². The summed E-state index contributed by atoms with van der Waals surface area (Å²) in [6.07, 6.45) is -0.0185. The smallest absolute Gasteiger partial charge is 0.222 e. The van der Waals surface area contributed by atoms with Gasteiger partial charge in [0.2, 0.25) is 5.91 Å². The molecule has 0 aliphatic heterocycles. The Morgan fingerprint density at radius 3 is 1.79 bits per heavy atom. The van der Waals surface area contributed by atoms with Crippen LogP contribution in [0, 0.1) is 5.92 Å². The first-order valence-corrected chi connectivity index (χ1v) is 10.4. The first-order valence-electron chi connectivity index (χ1n) is 10.4. The molecule has 0 radical (unpaired) electrons. The van der Waals surface area contributed by atoms with E-state index in [-0.39, 0.29) is 17.9 Å². The lowest BCUT2D eigenvalue weighted by molar-refractivity contribution is -0.124. The molecule has 28 heavy (non-hydrogen) atoms. The Morgan fingerprint density at radius 2 is 1.25 bits per heavy atom. The van der Waals surface area contributed by atoms with E-state index in [1.165, 1.54) is 0 Å².